The fourth-order valence-corrected chi connectivity index (χ4v) is 2.50. The molecule has 1 aromatic heterocycles. The van der Waals surface area contributed by atoms with Crippen LogP contribution in [-0.2, 0) is 10.1 Å². The van der Waals surface area contributed by atoms with Crippen molar-refractivity contribution in [2.75, 3.05) is 12.4 Å². The van der Waals surface area contributed by atoms with Crippen molar-refractivity contribution in [1.82, 2.24) is 4.98 Å². The summed E-state index contributed by atoms with van der Waals surface area (Å²) in [4.78, 5) is 3.78. The van der Waals surface area contributed by atoms with Gasteiger partial charge in [0.1, 0.15) is 0 Å². The van der Waals surface area contributed by atoms with Crippen LogP contribution in [0.3, 0.4) is 0 Å². The average Bonchev–Trinajstić information content (AvgIpc) is 2.50. The van der Waals surface area contributed by atoms with E-state index >= 15 is 0 Å². The van der Waals surface area contributed by atoms with E-state index < -0.39 is 10.1 Å². The Morgan fingerprint density at radius 1 is 0.773 bits per heavy atom. The first-order valence-electron chi connectivity index (χ1n) is 7.92. The summed E-state index contributed by atoms with van der Waals surface area (Å²) in [5, 5.41) is 0. The van der Waals surface area contributed by atoms with Crippen molar-refractivity contribution in [2.24, 2.45) is 0 Å². The molecule has 22 heavy (non-hydrogen) atoms. The molecule has 0 atom stereocenters. The predicted molar refractivity (Wildman–Crippen MR) is 88.2 cm³/mol. The van der Waals surface area contributed by atoms with Gasteiger partial charge in [-0.25, -0.2) is 0 Å². The Morgan fingerprint density at radius 2 is 1.23 bits per heavy atom. The van der Waals surface area contributed by atoms with Crippen molar-refractivity contribution >= 4 is 10.1 Å². The van der Waals surface area contributed by atoms with E-state index in [2.05, 4.69) is 4.98 Å². The number of aromatic nitrogens is 1. The quantitative estimate of drug-likeness (QED) is 0.480. The van der Waals surface area contributed by atoms with Gasteiger partial charge in [0.15, 0.2) is 0 Å². The lowest BCUT2D eigenvalue weighted by Crippen LogP contribution is -2.03. The van der Waals surface area contributed by atoms with E-state index in [0.29, 0.717) is 12.8 Å². The second-order valence-electron chi connectivity index (χ2n) is 5.18. The van der Waals surface area contributed by atoms with Crippen molar-refractivity contribution in [2.45, 2.75) is 57.8 Å². The molecule has 0 aliphatic carbocycles. The fraction of sp³-hybridized carbons (Fsp3) is 0.688. The zero-order valence-corrected chi connectivity index (χ0v) is 14.0. The Balaban J connectivity index is 0.000000604. The van der Waals surface area contributed by atoms with Crippen molar-refractivity contribution in [3.05, 3.63) is 30.6 Å². The molecule has 0 saturated heterocycles. The van der Waals surface area contributed by atoms with Gasteiger partial charge in [0.2, 0.25) is 0 Å². The summed E-state index contributed by atoms with van der Waals surface area (Å²) in [5.74, 6) is -0.122. The summed E-state index contributed by atoms with van der Waals surface area (Å²) in [7, 11) is -3.77. The summed E-state index contributed by atoms with van der Waals surface area (Å²) in [6.07, 6.45) is 12.0. The normalized spacial score (nSPS) is 10.8. The summed E-state index contributed by atoms with van der Waals surface area (Å²) in [6, 6.07) is 5.72. The third kappa shape index (κ3) is 19.0. The fourth-order valence-electron chi connectivity index (χ4n) is 1.93. The predicted octanol–water partition coefficient (Wildman–Crippen LogP) is 4.44. The zero-order chi connectivity index (χ0) is 16.5. The minimum atomic E-state index is -3.77. The maximum Gasteiger partial charge on any atom is 0.264 e. The second-order valence-corrected chi connectivity index (χ2v) is 6.75. The Hall–Kier alpha value is -1.01. The molecule has 0 spiro atoms. The average molecular weight is 333 g/mol. The van der Waals surface area contributed by atoms with Gasteiger partial charge in [-0.2, -0.15) is 8.42 Å². The van der Waals surface area contributed by atoms with Crippen LogP contribution in [0.1, 0.15) is 57.8 Å². The van der Waals surface area contributed by atoms with E-state index in [1.165, 1.54) is 0 Å². The lowest BCUT2D eigenvalue weighted by molar-refractivity contribution is 0.448. The van der Waals surface area contributed by atoms with Gasteiger partial charge in [0, 0.05) is 12.4 Å². The van der Waals surface area contributed by atoms with Crippen LogP contribution < -0.4 is 0 Å². The van der Waals surface area contributed by atoms with Crippen LogP contribution in [0.25, 0.3) is 0 Å². The summed E-state index contributed by atoms with van der Waals surface area (Å²) in [6.45, 7) is -0.213. The van der Waals surface area contributed by atoms with Crippen molar-refractivity contribution < 1.29 is 17.4 Å². The Labute approximate surface area is 133 Å². The van der Waals surface area contributed by atoms with E-state index in [9.17, 15) is 12.8 Å². The highest BCUT2D eigenvalue weighted by Crippen LogP contribution is 2.10. The molecule has 6 heteroatoms. The zero-order valence-electron chi connectivity index (χ0n) is 13.2. The largest absolute Gasteiger partial charge is 0.286 e. The maximum atomic E-state index is 11.7. The molecule has 1 aromatic rings. The van der Waals surface area contributed by atoms with Gasteiger partial charge < -0.3 is 0 Å². The van der Waals surface area contributed by atoms with Crippen molar-refractivity contribution in [3.63, 3.8) is 0 Å². The molecule has 128 valence electrons. The second kappa shape index (κ2) is 14.9. The van der Waals surface area contributed by atoms with Crippen LogP contribution in [0.4, 0.5) is 4.39 Å². The molecule has 0 saturated carbocycles. The van der Waals surface area contributed by atoms with E-state index in [-0.39, 0.29) is 12.4 Å². The van der Waals surface area contributed by atoms with E-state index in [4.69, 9.17) is 4.55 Å². The van der Waals surface area contributed by atoms with Gasteiger partial charge in [0.05, 0.1) is 12.4 Å². The van der Waals surface area contributed by atoms with Crippen LogP contribution in [-0.4, -0.2) is 30.4 Å². The first-order valence-corrected chi connectivity index (χ1v) is 9.53. The monoisotopic (exact) mass is 333 g/mol. The molecule has 0 aliphatic rings. The topological polar surface area (TPSA) is 67.3 Å². The maximum absolute atomic E-state index is 11.7. The van der Waals surface area contributed by atoms with E-state index in [0.717, 1.165) is 44.9 Å². The highest BCUT2D eigenvalue weighted by molar-refractivity contribution is 7.85. The van der Waals surface area contributed by atoms with Gasteiger partial charge >= 0.3 is 0 Å². The highest BCUT2D eigenvalue weighted by Gasteiger charge is 2.02. The molecule has 0 radical (unpaired) electrons. The molecule has 4 nitrogen and oxygen atoms in total. The molecule has 0 bridgehead atoms. The highest BCUT2D eigenvalue weighted by atomic mass is 32.2. The molecule has 0 fully saturated rings. The van der Waals surface area contributed by atoms with Crippen LogP contribution >= 0.6 is 0 Å². The first kappa shape index (κ1) is 21.0. The van der Waals surface area contributed by atoms with Crippen molar-refractivity contribution in [1.29, 1.82) is 0 Å². The SMILES string of the molecule is O=S(=O)(O)CCCCCCCCCCCF.c1ccncc1. The number of pyridine rings is 1. The first-order chi connectivity index (χ1) is 10.6. The number of rotatable bonds is 11. The number of hydrogen-bond acceptors (Lipinski definition) is 3. The van der Waals surface area contributed by atoms with Crippen LogP contribution in [0.15, 0.2) is 30.6 Å². The Bertz CT molecular complexity index is 400. The molecule has 0 aromatic carbocycles. The third-order valence-corrected chi connectivity index (χ3v) is 3.91. The number of halogens is 1. The molecule has 0 aliphatic heterocycles. The van der Waals surface area contributed by atoms with Crippen LogP contribution in [0.2, 0.25) is 0 Å². The number of unbranched alkanes of at least 4 members (excludes halogenated alkanes) is 8. The lowest BCUT2D eigenvalue weighted by Gasteiger charge is -2.01. The van der Waals surface area contributed by atoms with Gasteiger partial charge in [-0.3, -0.25) is 13.9 Å². The van der Waals surface area contributed by atoms with Gasteiger partial charge in [-0.05, 0) is 25.0 Å². The summed E-state index contributed by atoms with van der Waals surface area (Å²) in [5.41, 5.74) is 0. The molecule has 0 unspecified atom stereocenters. The Morgan fingerprint density at radius 3 is 1.55 bits per heavy atom. The van der Waals surface area contributed by atoms with Gasteiger partial charge in [-0.15, -0.1) is 0 Å². The number of hydrogen-bond donors (Lipinski definition) is 1. The summed E-state index contributed by atoms with van der Waals surface area (Å²) >= 11 is 0. The molecule has 1 rings (SSSR count). The standard InChI is InChI=1S/C11H23FO3S.C5H5N/c12-10-8-6-4-2-1-3-5-7-9-11-16(13,14)15;1-2-4-6-5-3-1/h1-11H2,(H,13,14,15);1-5H. The number of alkyl halides is 1. The van der Waals surface area contributed by atoms with Gasteiger partial charge in [-0.1, -0.05) is 51.0 Å². The van der Waals surface area contributed by atoms with Crippen LogP contribution in [0.5, 0.6) is 0 Å². The third-order valence-electron chi connectivity index (χ3n) is 3.10. The van der Waals surface area contributed by atoms with E-state index in [1.54, 1.807) is 12.4 Å². The molecular weight excluding hydrogens is 305 g/mol. The molecule has 1 heterocycles. The molecule has 1 N–H and O–H groups in total. The minimum Gasteiger partial charge on any atom is -0.286 e. The lowest BCUT2D eigenvalue weighted by atomic mass is 10.1. The number of nitrogens with zero attached hydrogens (tertiary/aromatic N) is 1. The van der Waals surface area contributed by atoms with Gasteiger partial charge in [0.25, 0.3) is 10.1 Å². The smallest absolute Gasteiger partial charge is 0.264 e. The van der Waals surface area contributed by atoms with E-state index in [1.807, 2.05) is 18.2 Å². The molecular formula is C16H28FNO3S. The summed E-state index contributed by atoms with van der Waals surface area (Å²) < 4.78 is 41.0. The van der Waals surface area contributed by atoms with Crippen LogP contribution in [0, 0.1) is 0 Å². The Kier molecular flexibility index (Phi) is 14.2. The molecule has 0 amide bonds. The van der Waals surface area contributed by atoms with Crippen molar-refractivity contribution in [3.8, 4) is 0 Å². The minimum absolute atomic E-state index is 0.122.